The number of hydrogen-bond donors (Lipinski definition) is 1. The molecule has 0 radical (unpaired) electrons. The van der Waals surface area contributed by atoms with Crippen molar-refractivity contribution in [1.82, 2.24) is 0 Å². The fourth-order valence-corrected chi connectivity index (χ4v) is 1.46. The third kappa shape index (κ3) is 3.35. The van der Waals surface area contributed by atoms with Gasteiger partial charge in [0.05, 0.1) is 0 Å². The Bertz CT molecular complexity index is 276. The SMILES string of the molecule is CCC(N)c1cc(Cl)ccc1Cl.Cl. The molecular weight excluding hydrogens is 228 g/mol. The van der Waals surface area contributed by atoms with Gasteiger partial charge in [-0.15, -0.1) is 12.4 Å². The summed E-state index contributed by atoms with van der Waals surface area (Å²) >= 11 is 11.7. The van der Waals surface area contributed by atoms with E-state index in [1.807, 2.05) is 13.0 Å². The van der Waals surface area contributed by atoms with Crippen LogP contribution in [-0.4, -0.2) is 0 Å². The van der Waals surface area contributed by atoms with Gasteiger partial charge in [-0.2, -0.15) is 0 Å². The lowest BCUT2D eigenvalue weighted by atomic mass is 10.1. The Morgan fingerprint density at radius 1 is 1.38 bits per heavy atom. The highest BCUT2D eigenvalue weighted by molar-refractivity contribution is 6.33. The summed E-state index contributed by atoms with van der Waals surface area (Å²) in [4.78, 5) is 0. The molecule has 74 valence electrons. The van der Waals surface area contributed by atoms with E-state index in [0.29, 0.717) is 10.0 Å². The third-order valence-electron chi connectivity index (χ3n) is 1.80. The van der Waals surface area contributed by atoms with Gasteiger partial charge in [-0.25, -0.2) is 0 Å². The number of hydrogen-bond acceptors (Lipinski definition) is 1. The second-order valence-corrected chi connectivity index (χ2v) is 3.52. The highest BCUT2D eigenvalue weighted by atomic mass is 35.5. The van der Waals surface area contributed by atoms with Crippen molar-refractivity contribution in [2.24, 2.45) is 5.73 Å². The monoisotopic (exact) mass is 239 g/mol. The summed E-state index contributed by atoms with van der Waals surface area (Å²) in [5, 5.41) is 1.37. The number of rotatable bonds is 2. The molecule has 4 heteroatoms. The summed E-state index contributed by atoms with van der Waals surface area (Å²) in [6, 6.07) is 5.33. The normalized spacial score (nSPS) is 12.0. The molecule has 1 unspecified atom stereocenters. The molecule has 1 aromatic carbocycles. The molecule has 0 bridgehead atoms. The minimum absolute atomic E-state index is 0. The van der Waals surface area contributed by atoms with Crippen LogP contribution in [0.1, 0.15) is 24.9 Å². The van der Waals surface area contributed by atoms with Crippen LogP contribution in [0.15, 0.2) is 18.2 Å². The van der Waals surface area contributed by atoms with Gasteiger partial charge < -0.3 is 5.73 Å². The molecule has 0 amide bonds. The Morgan fingerprint density at radius 3 is 2.54 bits per heavy atom. The molecule has 1 atom stereocenters. The van der Waals surface area contributed by atoms with Crippen molar-refractivity contribution in [3.63, 3.8) is 0 Å². The van der Waals surface area contributed by atoms with Crippen LogP contribution in [-0.2, 0) is 0 Å². The van der Waals surface area contributed by atoms with E-state index in [1.165, 1.54) is 0 Å². The summed E-state index contributed by atoms with van der Waals surface area (Å²) in [6.07, 6.45) is 0.861. The van der Waals surface area contributed by atoms with Gasteiger partial charge in [0.15, 0.2) is 0 Å². The Balaban J connectivity index is 0.00000144. The van der Waals surface area contributed by atoms with E-state index in [2.05, 4.69) is 0 Å². The van der Waals surface area contributed by atoms with E-state index >= 15 is 0 Å². The van der Waals surface area contributed by atoms with Gasteiger partial charge in [-0.05, 0) is 30.2 Å². The summed E-state index contributed by atoms with van der Waals surface area (Å²) in [6.45, 7) is 2.02. The van der Waals surface area contributed by atoms with E-state index < -0.39 is 0 Å². The first-order valence-corrected chi connectivity index (χ1v) is 4.61. The van der Waals surface area contributed by atoms with Crippen LogP contribution in [0, 0.1) is 0 Å². The summed E-state index contributed by atoms with van der Waals surface area (Å²) < 4.78 is 0. The van der Waals surface area contributed by atoms with Gasteiger partial charge in [0.2, 0.25) is 0 Å². The summed E-state index contributed by atoms with van der Waals surface area (Å²) in [7, 11) is 0. The molecule has 1 rings (SSSR count). The van der Waals surface area contributed by atoms with Crippen LogP contribution >= 0.6 is 35.6 Å². The largest absolute Gasteiger partial charge is 0.324 e. The zero-order chi connectivity index (χ0) is 9.14. The third-order valence-corrected chi connectivity index (χ3v) is 2.38. The second-order valence-electron chi connectivity index (χ2n) is 2.68. The maximum Gasteiger partial charge on any atom is 0.0454 e. The molecular formula is C9H12Cl3N. The molecule has 0 fully saturated rings. The first-order chi connectivity index (χ1) is 5.65. The quantitative estimate of drug-likeness (QED) is 0.835. The van der Waals surface area contributed by atoms with Crippen LogP contribution in [0.2, 0.25) is 10.0 Å². The van der Waals surface area contributed by atoms with Crippen molar-refractivity contribution in [1.29, 1.82) is 0 Å². The van der Waals surface area contributed by atoms with Gasteiger partial charge in [-0.1, -0.05) is 30.1 Å². The standard InChI is InChI=1S/C9H11Cl2N.ClH/c1-2-9(12)7-5-6(10)3-4-8(7)11;/h3-5,9H,2,12H2,1H3;1H. The fourth-order valence-electron chi connectivity index (χ4n) is 1.02. The smallest absolute Gasteiger partial charge is 0.0454 e. The van der Waals surface area contributed by atoms with Crippen molar-refractivity contribution in [3.8, 4) is 0 Å². The van der Waals surface area contributed by atoms with E-state index in [9.17, 15) is 0 Å². The van der Waals surface area contributed by atoms with Crippen LogP contribution in [0.4, 0.5) is 0 Å². The second kappa shape index (κ2) is 5.71. The molecule has 0 aromatic heterocycles. The minimum Gasteiger partial charge on any atom is -0.324 e. The van der Waals surface area contributed by atoms with Crippen molar-refractivity contribution >= 4 is 35.6 Å². The lowest BCUT2D eigenvalue weighted by Gasteiger charge is -2.10. The molecule has 0 saturated carbocycles. The lowest BCUT2D eigenvalue weighted by molar-refractivity contribution is 0.699. The highest BCUT2D eigenvalue weighted by Crippen LogP contribution is 2.26. The molecule has 13 heavy (non-hydrogen) atoms. The maximum absolute atomic E-state index is 5.93. The fraction of sp³-hybridized carbons (Fsp3) is 0.333. The zero-order valence-corrected chi connectivity index (χ0v) is 9.59. The molecule has 0 saturated heterocycles. The zero-order valence-electron chi connectivity index (χ0n) is 7.26. The van der Waals surface area contributed by atoms with Gasteiger partial charge in [0.25, 0.3) is 0 Å². The van der Waals surface area contributed by atoms with Crippen LogP contribution < -0.4 is 5.73 Å². The van der Waals surface area contributed by atoms with Gasteiger partial charge in [-0.3, -0.25) is 0 Å². The van der Waals surface area contributed by atoms with Gasteiger partial charge >= 0.3 is 0 Å². The van der Waals surface area contributed by atoms with Crippen molar-refractivity contribution in [3.05, 3.63) is 33.8 Å². The molecule has 0 spiro atoms. The average Bonchev–Trinajstić information content (AvgIpc) is 2.08. The predicted octanol–water partition coefficient (Wildman–Crippen LogP) is 3.83. The number of benzene rings is 1. The van der Waals surface area contributed by atoms with Crippen LogP contribution in [0.25, 0.3) is 0 Å². The molecule has 0 aliphatic carbocycles. The minimum atomic E-state index is -0.0174. The number of halogens is 3. The first-order valence-electron chi connectivity index (χ1n) is 3.85. The van der Waals surface area contributed by atoms with E-state index in [4.69, 9.17) is 28.9 Å². The summed E-state index contributed by atoms with van der Waals surface area (Å²) in [5.74, 6) is 0. The molecule has 2 N–H and O–H groups in total. The van der Waals surface area contributed by atoms with E-state index in [-0.39, 0.29) is 18.4 Å². The average molecular weight is 241 g/mol. The Labute approximate surface area is 94.6 Å². The lowest BCUT2D eigenvalue weighted by Crippen LogP contribution is -2.08. The molecule has 0 heterocycles. The predicted molar refractivity (Wildman–Crippen MR) is 60.9 cm³/mol. The summed E-state index contributed by atoms with van der Waals surface area (Å²) in [5.41, 5.74) is 6.74. The topological polar surface area (TPSA) is 26.0 Å². The van der Waals surface area contributed by atoms with E-state index in [0.717, 1.165) is 12.0 Å². The van der Waals surface area contributed by atoms with E-state index in [1.54, 1.807) is 12.1 Å². The van der Waals surface area contributed by atoms with Crippen molar-refractivity contribution < 1.29 is 0 Å². The molecule has 1 aromatic rings. The highest BCUT2D eigenvalue weighted by Gasteiger charge is 2.07. The van der Waals surface area contributed by atoms with Crippen LogP contribution in [0.5, 0.6) is 0 Å². The maximum atomic E-state index is 5.93. The number of nitrogens with two attached hydrogens (primary N) is 1. The van der Waals surface area contributed by atoms with Crippen LogP contribution in [0.3, 0.4) is 0 Å². The Kier molecular flexibility index (Phi) is 5.73. The Morgan fingerprint density at radius 2 is 2.00 bits per heavy atom. The van der Waals surface area contributed by atoms with Gasteiger partial charge in [0.1, 0.15) is 0 Å². The Hall–Kier alpha value is 0.0500. The molecule has 0 aliphatic heterocycles. The first kappa shape index (κ1) is 13.1. The van der Waals surface area contributed by atoms with Gasteiger partial charge in [0, 0.05) is 16.1 Å². The van der Waals surface area contributed by atoms with Crippen molar-refractivity contribution in [2.45, 2.75) is 19.4 Å². The molecule has 0 aliphatic rings. The molecule has 1 nitrogen and oxygen atoms in total. The van der Waals surface area contributed by atoms with Crippen molar-refractivity contribution in [2.75, 3.05) is 0 Å².